The summed E-state index contributed by atoms with van der Waals surface area (Å²) in [5, 5.41) is 5.52. The maximum atomic E-state index is 13.0. The number of aromatic amines is 1. The van der Waals surface area contributed by atoms with Crippen LogP contribution in [0.2, 0.25) is 0 Å². The number of hydrogen-bond acceptors (Lipinski definition) is 3. The van der Waals surface area contributed by atoms with Gasteiger partial charge in [-0.15, -0.1) is 12.4 Å². The van der Waals surface area contributed by atoms with Crippen LogP contribution in [0.4, 0.5) is 4.39 Å². The lowest BCUT2D eigenvalue weighted by Crippen LogP contribution is -2.33. The number of fused-ring (bicyclic) bond motifs is 1. The van der Waals surface area contributed by atoms with Gasteiger partial charge in [0.05, 0.1) is 17.6 Å². The Hall–Kier alpha value is -1.66. The molecule has 1 aromatic heterocycles. The van der Waals surface area contributed by atoms with E-state index in [0.29, 0.717) is 25.0 Å². The zero-order valence-corrected chi connectivity index (χ0v) is 11.3. The molecule has 19 heavy (non-hydrogen) atoms. The molecule has 0 radical (unpaired) electrons. The number of rotatable bonds is 5. The molecule has 3 N–H and O–H groups in total. The highest BCUT2D eigenvalue weighted by Gasteiger charge is 2.04. The summed E-state index contributed by atoms with van der Waals surface area (Å²) in [6.45, 7) is 0.800. The van der Waals surface area contributed by atoms with Crippen molar-refractivity contribution in [2.24, 2.45) is 0 Å². The molecule has 1 heterocycles. The van der Waals surface area contributed by atoms with Crippen LogP contribution in [-0.2, 0) is 11.2 Å². The minimum atomic E-state index is -0.292. The van der Waals surface area contributed by atoms with E-state index in [-0.39, 0.29) is 24.1 Å². The van der Waals surface area contributed by atoms with Gasteiger partial charge in [-0.1, -0.05) is 0 Å². The molecule has 0 aliphatic carbocycles. The lowest BCUT2D eigenvalue weighted by atomic mass is 10.3. The van der Waals surface area contributed by atoms with E-state index in [9.17, 15) is 9.18 Å². The van der Waals surface area contributed by atoms with Gasteiger partial charge in [0.25, 0.3) is 0 Å². The van der Waals surface area contributed by atoms with Crippen LogP contribution in [-0.4, -0.2) is 36.0 Å². The largest absolute Gasteiger partial charge is 0.355 e. The quantitative estimate of drug-likeness (QED) is 0.768. The van der Waals surface area contributed by atoms with Crippen molar-refractivity contribution in [3.63, 3.8) is 0 Å². The normalized spacial score (nSPS) is 10.2. The molecule has 0 aliphatic rings. The maximum Gasteiger partial charge on any atom is 0.233 e. The Kier molecular flexibility index (Phi) is 5.72. The van der Waals surface area contributed by atoms with Crippen LogP contribution in [0.1, 0.15) is 5.82 Å². The topological polar surface area (TPSA) is 69.8 Å². The fraction of sp³-hybridized carbons (Fsp3) is 0.333. The molecule has 104 valence electrons. The smallest absolute Gasteiger partial charge is 0.233 e. The highest BCUT2D eigenvalue weighted by atomic mass is 35.5. The van der Waals surface area contributed by atoms with Gasteiger partial charge >= 0.3 is 0 Å². The summed E-state index contributed by atoms with van der Waals surface area (Å²) in [5.74, 6) is 0.389. The molecule has 5 nitrogen and oxygen atoms in total. The number of carbonyl (C=O) groups is 1. The van der Waals surface area contributed by atoms with Gasteiger partial charge in [-0.2, -0.15) is 0 Å². The van der Waals surface area contributed by atoms with Gasteiger partial charge in [-0.05, 0) is 25.2 Å². The van der Waals surface area contributed by atoms with E-state index in [1.165, 1.54) is 12.1 Å². The van der Waals surface area contributed by atoms with Crippen molar-refractivity contribution < 1.29 is 9.18 Å². The summed E-state index contributed by atoms with van der Waals surface area (Å²) in [6, 6.07) is 4.41. The molecule has 0 saturated carbocycles. The first kappa shape index (κ1) is 15.4. The predicted molar refractivity (Wildman–Crippen MR) is 73.9 cm³/mol. The Balaban J connectivity index is 0.00000180. The second-order valence-electron chi connectivity index (χ2n) is 3.98. The number of imidazole rings is 1. The molecular weight excluding hydrogens is 271 g/mol. The second kappa shape index (κ2) is 7.06. The molecule has 2 aromatic rings. The molecule has 0 fully saturated rings. The van der Waals surface area contributed by atoms with Crippen molar-refractivity contribution in [1.82, 2.24) is 20.6 Å². The average molecular weight is 287 g/mol. The molecule has 0 unspecified atom stereocenters. The number of aromatic nitrogens is 2. The third kappa shape index (κ3) is 4.18. The molecule has 0 aliphatic heterocycles. The van der Waals surface area contributed by atoms with Crippen LogP contribution in [0.3, 0.4) is 0 Å². The van der Waals surface area contributed by atoms with Crippen molar-refractivity contribution in [3.05, 3.63) is 29.8 Å². The van der Waals surface area contributed by atoms with Gasteiger partial charge < -0.3 is 15.6 Å². The van der Waals surface area contributed by atoms with E-state index in [1.54, 1.807) is 13.1 Å². The lowest BCUT2D eigenvalue weighted by molar-refractivity contribution is -0.120. The number of amides is 1. The van der Waals surface area contributed by atoms with E-state index >= 15 is 0 Å². The predicted octanol–water partition coefficient (Wildman–Crippen LogP) is 1.00. The Morgan fingerprint density at radius 1 is 1.47 bits per heavy atom. The fourth-order valence-electron chi connectivity index (χ4n) is 1.70. The van der Waals surface area contributed by atoms with Gasteiger partial charge in [0, 0.05) is 13.0 Å². The number of hydrogen-bond donors (Lipinski definition) is 3. The Morgan fingerprint density at radius 3 is 3.00 bits per heavy atom. The highest BCUT2D eigenvalue weighted by molar-refractivity contribution is 5.85. The molecule has 0 spiro atoms. The Morgan fingerprint density at radius 2 is 2.26 bits per heavy atom. The minimum absolute atomic E-state index is 0. The summed E-state index contributed by atoms with van der Waals surface area (Å²) in [6.07, 6.45) is 0.589. The summed E-state index contributed by atoms with van der Waals surface area (Å²) >= 11 is 0. The van der Waals surface area contributed by atoms with E-state index in [2.05, 4.69) is 20.6 Å². The van der Waals surface area contributed by atoms with E-state index in [0.717, 1.165) is 11.3 Å². The summed E-state index contributed by atoms with van der Waals surface area (Å²) < 4.78 is 13.0. The summed E-state index contributed by atoms with van der Waals surface area (Å²) in [4.78, 5) is 18.5. The molecule has 1 amide bonds. The van der Waals surface area contributed by atoms with Gasteiger partial charge in [-0.3, -0.25) is 4.79 Å². The zero-order valence-electron chi connectivity index (χ0n) is 10.5. The first-order chi connectivity index (χ1) is 8.69. The molecule has 2 rings (SSSR count). The van der Waals surface area contributed by atoms with Crippen LogP contribution < -0.4 is 10.6 Å². The van der Waals surface area contributed by atoms with Crippen molar-refractivity contribution in [2.45, 2.75) is 6.42 Å². The SMILES string of the molecule is CNCC(=O)NCCc1nc2ccc(F)cc2[nH]1.Cl. The molecule has 0 saturated heterocycles. The van der Waals surface area contributed by atoms with E-state index in [4.69, 9.17) is 0 Å². The van der Waals surface area contributed by atoms with Gasteiger partial charge in [0.1, 0.15) is 11.6 Å². The van der Waals surface area contributed by atoms with Crippen LogP contribution in [0.15, 0.2) is 18.2 Å². The molecule has 7 heteroatoms. The number of benzene rings is 1. The number of likely N-dealkylation sites (N-methyl/N-ethyl adjacent to an activating group) is 1. The highest BCUT2D eigenvalue weighted by Crippen LogP contribution is 2.12. The van der Waals surface area contributed by atoms with Crippen molar-refractivity contribution in [3.8, 4) is 0 Å². The van der Waals surface area contributed by atoms with Gasteiger partial charge in [0.2, 0.25) is 5.91 Å². The number of H-pyrrole nitrogens is 1. The standard InChI is InChI=1S/C12H15FN4O.ClH/c1-14-7-12(18)15-5-4-11-16-9-3-2-8(13)6-10(9)17-11;/h2-3,6,14H,4-5,7H2,1H3,(H,15,18)(H,16,17);1H. The number of carbonyl (C=O) groups excluding carboxylic acids is 1. The minimum Gasteiger partial charge on any atom is -0.355 e. The van der Waals surface area contributed by atoms with Gasteiger partial charge in [0.15, 0.2) is 0 Å². The van der Waals surface area contributed by atoms with Crippen molar-refractivity contribution in [1.29, 1.82) is 0 Å². The molecule has 1 aromatic carbocycles. The number of nitrogens with one attached hydrogen (secondary N) is 3. The zero-order chi connectivity index (χ0) is 13.0. The Labute approximate surface area is 116 Å². The van der Waals surface area contributed by atoms with E-state index in [1.807, 2.05) is 0 Å². The van der Waals surface area contributed by atoms with Crippen LogP contribution in [0, 0.1) is 5.82 Å². The third-order valence-corrected chi connectivity index (χ3v) is 2.51. The first-order valence-electron chi connectivity index (χ1n) is 5.74. The number of halogens is 2. The second-order valence-corrected chi connectivity index (χ2v) is 3.98. The van der Waals surface area contributed by atoms with Crippen LogP contribution >= 0.6 is 12.4 Å². The van der Waals surface area contributed by atoms with Crippen molar-refractivity contribution >= 4 is 29.3 Å². The fourth-order valence-corrected chi connectivity index (χ4v) is 1.70. The maximum absolute atomic E-state index is 13.0. The summed E-state index contributed by atoms with van der Waals surface area (Å²) in [5.41, 5.74) is 1.40. The Bertz CT molecular complexity index is 558. The molecular formula is C12H16ClFN4O. The lowest BCUT2D eigenvalue weighted by Gasteiger charge is -2.02. The van der Waals surface area contributed by atoms with Crippen LogP contribution in [0.5, 0.6) is 0 Å². The van der Waals surface area contributed by atoms with Crippen molar-refractivity contribution in [2.75, 3.05) is 20.1 Å². The first-order valence-corrected chi connectivity index (χ1v) is 5.74. The molecule has 0 atom stereocenters. The third-order valence-electron chi connectivity index (χ3n) is 2.51. The summed E-state index contributed by atoms with van der Waals surface area (Å²) in [7, 11) is 1.72. The monoisotopic (exact) mass is 286 g/mol. The molecule has 0 bridgehead atoms. The van der Waals surface area contributed by atoms with Crippen LogP contribution in [0.25, 0.3) is 11.0 Å². The average Bonchev–Trinajstić information content (AvgIpc) is 2.71. The number of nitrogens with zero attached hydrogens (tertiary/aromatic N) is 1. The van der Waals surface area contributed by atoms with Gasteiger partial charge in [-0.25, -0.2) is 9.37 Å². The van der Waals surface area contributed by atoms with E-state index < -0.39 is 0 Å².